The first-order chi connectivity index (χ1) is 3.85. The molecular formula is C6H9Br3. The monoisotopic (exact) mass is 318 g/mol. The maximum atomic E-state index is 3.42. The molecule has 0 N–H and O–H groups in total. The molecule has 0 spiro atoms. The van der Waals surface area contributed by atoms with Gasteiger partial charge in [0.1, 0.15) is 0 Å². The Morgan fingerprint density at radius 1 is 1.00 bits per heavy atom. The van der Waals surface area contributed by atoms with Crippen LogP contribution in [0.2, 0.25) is 0 Å². The summed E-state index contributed by atoms with van der Waals surface area (Å²) in [5, 5.41) is 0. The van der Waals surface area contributed by atoms with Crippen molar-refractivity contribution < 1.29 is 0 Å². The highest BCUT2D eigenvalue weighted by Gasteiger charge is 2.20. The van der Waals surface area contributed by atoms with Gasteiger partial charge in [0.15, 0.2) is 2.14 Å². The first-order valence-corrected chi connectivity index (χ1v) is 4.95. The second-order valence-electron chi connectivity index (χ2n) is 2.12. The molecule has 9 heavy (non-hydrogen) atoms. The molecule has 0 aromatic carbocycles. The second kappa shape index (κ2) is 3.54. The Balaban J connectivity index is 4.40. The fourth-order valence-corrected chi connectivity index (χ4v) is 1.47. The van der Waals surface area contributed by atoms with E-state index in [0.29, 0.717) is 0 Å². The molecule has 0 unspecified atom stereocenters. The van der Waals surface area contributed by atoms with Crippen LogP contribution < -0.4 is 0 Å². The average molecular weight is 321 g/mol. The maximum absolute atomic E-state index is 3.42. The molecule has 0 radical (unpaired) electrons. The Hall–Kier alpha value is 1.18. The standard InChI is InChI=1S/C6H9Br3/c1-4(2)5(3)6(7,8)9/h1-3H3. The van der Waals surface area contributed by atoms with E-state index < -0.39 is 0 Å². The Kier molecular flexibility index (Phi) is 4.00. The van der Waals surface area contributed by atoms with Gasteiger partial charge in [0, 0.05) is 0 Å². The van der Waals surface area contributed by atoms with Crippen molar-refractivity contribution >= 4 is 47.8 Å². The third-order valence-corrected chi connectivity index (χ3v) is 2.96. The third-order valence-electron chi connectivity index (χ3n) is 1.18. The maximum Gasteiger partial charge on any atom is 0.155 e. The fraction of sp³-hybridized carbons (Fsp3) is 0.667. The molecule has 0 aliphatic carbocycles. The van der Waals surface area contributed by atoms with E-state index in [4.69, 9.17) is 0 Å². The van der Waals surface area contributed by atoms with Crippen molar-refractivity contribution in [2.24, 2.45) is 0 Å². The van der Waals surface area contributed by atoms with Gasteiger partial charge in [-0.3, -0.25) is 0 Å². The molecule has 0 amide bonds. The van der Waals surface area contributed by atoms with Gasteiger partial charge in [-0.25, -0.2) is 0 Å². The van der Waals surface area contributed by atoms with E-state index in [1.165, 1.54) is 11.1 Å². The van der Waals surface area contributed by atoms with Gasteiger partial charge in [0.05, 0.1) is 0 Å². The van der Waals surface area contributed by atoms with Crippen LogP contribution in [0.25, 0.3) is 0 Å². The van der Waals surface area contributed by atoms with Crippen LogP contribution in [0, 0.1) is 0 Å². The van der Waals surface area contributed by atoms with Crippen LogP contribution in [0.3, 0.4) is 0 Å². The molecule has 0 aliphatic rings. The molecule has 0 atom stereocenters. The first kappa shape index (κ1) is 10.2. The van der Waals surface area contributed by atoms with E-state index in [0.717, 1.165) is 0 Å². The predicted octanol–water partition coefficient (Wildman–Crippen LogP) is 4.18. The smallest absolute Gasteiger partial charge is 0.0744 e. The van der Waals surface area contributed by atoms with Gasteiger partial charge in [-0.05, 0) is 26.3 Å². The second-order valence-corrected chi connectivity index (χ2v) is 8.88. The summed E-state index contributed by atoms with van der Waals surface area (Å²) in [6.45, 7) is 6.22. The minimum absolute atomic E-state index is 0.203. The van der Waals surface area contributed by atoms with Gasteiger partial charge in [0.2, 0.25) is 0 Å². The van der Waals surface area contributed by atoms with Crippen molar-refractivity contribution in [2.75, 3.05) is 0 Å². The van der Waals surface area contributed by atoms with Crippen LogP contribution in [0.4, 0.5) is 0 Å². The number of rotatable bonds is 0. The zero-order chi connectivity index (χ0) is 7.65. The minimum Gasteiger partial charge on any atom is -0.0744 e. The van der Waals surface area contributed by atoms with E-state index in [1.54, 1.807) is 0 Å². The van der Waals surface area contributed by atoms with Crippen molar-refractivity contribution in [1.82, 2.24) is 0 Å². The zero-order valence-corrected chi connectivity index (χ0v) is 10.4. The van der Waals surface area contributed by atoms with Crippen LogP contribution in [0.1, 0.15) is 20.8 Å². The largest absolute Gasteiger partial charge is 0.155 e. The predicted molar refractivity (Wildman–Crippen MR) is 53.6 cm³/mol. The Labute approximate surface area is 81.5 Å². The average Bonchev–Trinajstić information content (AvgIpc) is 1.62. The number of alkyl halides is 3. The summed E-state index contributed by atoms with van der Waals surface area (Å²) >= 11 is 10.3. The summed E-state index contributed by atoms with van der Waals surface area (Å²) < 4.78 is -0.203. The van der Waals surface area contributed by atoms with Crippen molar-refractivity contribution in [1.29, 1.82) is 0 Å². The molecule has 0 aromatic heterocycles. The van der Waals surface area contributed by atoms with E-state index in [1.807, 2.05) is 0 Å². The Bertz CT molecular complexity index is 126. The van der Waals surface area contributed by atoms with Crippen LogP contribution in [0.15, 0.2) is 11.1 Å². The highest BCUT2D eigenvalue weighted by Crippen LogP contribution is 2.41. The quantitative estimate of drug-likeness (QED) is 0.464. The zero-order valence-electron chi connectivity index (χ0n) is 5.63. The number of hydrogen-bond acceptors (Lipinski definition) is 0. The summed E-state index contributed by atoms with van der Waals surface area (Å²) in [4.78, 5) is 0. The van der Waals surface area contributed by atoms with E-state index in [2.05, 4.69) is 68.6 Å². The Morgan fingerprint density at radius 3 is 1.33 bits per heavy atom. The van der Waals surface area contributed by atoms with Gasteiger partial charge < -0.3 is 0 Å². The van der Waals surface area contributed by atoms with Gasteiger partial charge in [-0.2, -0.15) is 0 Å². The summed E-state index contributed by atoms with van der Waals surface area (Å²) in [7, 11) is 0. The number of halogens is 3. The van der Waals surface area contributed by atoms with Gasteiger partial charge in [-0.1, -0.05) is 53.4 Å². The molecule has 0 heterocycles. The molecule has 0 aromatic rings. The van der Waals surface area contributed by atoms with E-state index >= 15 is 0 Å². The lowest BCUT2D eigenvalue weighted by molar-refractivity contribution is 1.21. The van der Waals surface area contributed by atoms with Crippen LogP contribution in [-0.2, 0) is 0 Å². The normalized spacial score (nSPS) is 11.3. The van der Waals surface area contributed by atoms with E-state index in [9.17, 15) is 0 Å². The van der Waals surface area contributed by atoms with Gasteiger partial charge in [0.25, 0.3) is 0 Å². The summed E-state index contributed by atoms with van der Waals surface area (Å²) in [5.74, 6) is 0. The van der Waals surface area contributed by atoms with Gasteiger partial charge >= 0.3 is 0 Å². The van der Waals surface area contributed by atoms with Crippen molar-refractivity contribution in [2.45, 2.75) is 22.9 Å². The molecular weight excluding hydrogens is 312 g/mol. The third kappa shape index (κ3) is 3.79. The molecule has 0 rings (SSSR count). The first-order valence-electron chi connectivity index (χ1n) is 2.57. The lowest BCUT2D eigenvalue weighted by Gasteiger charge is -2.14. The Morgan fingerprint density at radius 2 is 1.33 bits per heavy atom. The topological polar surface area (TPSA) is 0 Å². The lowest BCUT2D eigenvalue weighted by atomic mass is 10.2. The molecule has 0 nitrogen and oxygen atoms in total. The van der Waals surface area contributed by atoms with Crippen LogP contribution >= 0.6 is 47.8 Å². The molecule has 0 bridgehead atoms. The molecule has 54 valence electrons. The summed E-state index contributed by atoms with van der Waals surface area (Å²) in [6.07, 6.45) is 0. The molecule has 0 aliphatic heterocycles. The number of hydrogen-bond donors (Lipinski definition) is 0. The summed E-state index contributed by atoms with van der Waals surface area (Å²) in [5.41, 5.74) is 2.56. The SMILES string of the molecule is CC(C)=C(C)C(Br)(Br)Br. The van der Waals surface area contributed by atoms with Crippen molar-refractivity contribution in [3.8, 4) is 0 Å². The van der Waals surface area contributed by atoms with Gasteiger partial charge in [-0.15, -0.1) is 0 Å². The fourth-order valence-electron chi connectivity index (χ4n) is 0.283. The highest BCUT2D eigenvalue weighted by molar-refractivity contribution is 9.39. The minimum atomic E-state index is -0.203. The summed E-state index contributed by atoms with van der Waals surface area (Å²) in [6, 6.07) is 0. The van der Waals surface area contributed by atoms with Crippen molar-refractivity contribution in [3.63, 3.8) is 0 Å². The molecule has 0 saturated carbocycles. The van der Waals surface area contributed by atoms with E-state index in [-0.39, 0.29) is 2.14 Å². The highest BCUT2D eigenvalue weighted by atomic mass is 80.0. The van der Waals surface area contributed by atoms with Crippen LogP contribution in [-0.4, -0.2) is 2.14 Å². The molecule has 0 saturated heterocycles. The molecule has 3 heteroatoms. The van der Waals surface area contributed by atoms with Crippen molar-refractivity contribution in [3.05, 3.63) is 11.1 Å². The number of allylic oxidation sites excluding steroid dienone is 2. The van der Waals surface area contributed by atoms with Crippen LogP contribution in [0.5, 0.6) is 0 Å². The lowest BCUT2D eigenvalue weighted by Crippen LogP contribution is -2.02. The molecule has 0 fully saturated rings.